The quantitative estimate of drug-likeness (QED) is 0.439. The molecule has 38 heavy (non-hydrogen) atoms. The predicted molar refractivity (Wildman–Crippen MR) is 149 cm³/mol. The molecule has 1 N–H and O–H groups in total. The van der Waals surface area contributed by atoms with Crippen LogP contribution in [0.15, 0.2) is 47.5 Å². The van der Waals surface area contributed by atoms with Crippen LogP contribution in [0, 0.1) is 0 Å². The standard InChI is InChI=1S/C30H38N2O6/c1-7-32(8-2)19-29(33)31-24-17-22(13-20-9-11-25(35-3)27(15-20)37-5)30(34)23(18-24)14-21-10-12-26(36-4)28(16-21)38-6/h9-16,24H,7-8,17-19H2,1-6H3,(H,31,33)/b22-13+,23-14+. The maximum absolute atomic E-state index is 13.6. The summed E-state index contributed by atoms with van der Waals surface area (Å²) in [6.45, 7) is 5.97. The number of ether oxygens (including phenoxy) is 4. The number of Topliss-reactive ketones (excluding diaryl/α,β-unsaturated/α-hetero) is 1. The van der Waals surface area contributed by atoms with Crippen LogP contribution in [0.3, 0.4) is 0 Å². The number of carbonyl (C=O) groups excluding carboxylic acids is 2. The van der Waals surface area contributed by atoms with Crippen molar-refractivity contribution in [2.45, 2.75) is 32.7 Å². The average molecular weight is 523 g/mol. The lowest BCUT2D eigenvalue weighted by atomic mass is 9.83. The van der Waals surface area contributed by atoms with Crippen LogP contribution in [0.2, 0.25) is 0 Å². The summed E-state index contributed by atoms with van der Waals surface area (Å²) in [6.07, 6.45) is 4.58. The molecule has 1 amide bonds. The van der Waals surface area contributed by atoms with Crippen molar-refractivity contribution < 1.29 is 28.5 Å². The number of nitrogens with zero attached hydrogens (tertiary/aromatic N) is 1. The van der Waals surface area contributed by atoms with Gasteiger partial charge >= 0.3 is 0 Å². The zero-order valence-corrected chi connectivity index (χ0v) is 23.1. The normalized spacial score (nSPS) is 17.6. The Morgan fingerprint density at radius 2 is 1.26 bits per heavy atom. The second-order valence-electron chi connectivity index (χ2n) is 9.03. The van der Waals surface area contributed by atoms with Crippen molar-refractivity contribution in [2.24, 2.45) is 0 Å². The number of likely N-dealkylation sites (N-methyl/N-ethyl adjacent to an activating group) is 1. The van der Waals surface area contributed by atoms with Gasteiger partial charge in [0, 0.05) is 17.2 Å². The van der Waals surface area contributed by atoms with Gasteiger partial charge in [0.25, 0.3) is 0 Å². The van der Waals surface area contributed by atoms with E-state index < -0.39 is 0 Å². The van der Waals surface area contributed by atoms with Gasteiger partial charge in [-0.05, 0) is 73.5 Å². The highest BCUT2D eigenvalue weighted by atomic mass is 16.5. The van der Waals surface area contributed by atoms with Gasteiger partial charge in [-0.1, -0.05) is 26.0 Å². The van der Waals surface area contributed by atoms with Crippen molar-refractivity contribution in [3.8, 4) is 23.0 Å². The monoisotopic (exact) mass is 522 g/mol. The van der Waals surface area contributed by atoms with E-state index in [0.717, 1.165) is 24.2 Å². The van der Waals surface area contributed by atoms with Crippen LogP contribution in [-0.2, 0) is 9.59 Å². The molecule has 0 heterocycles. The zero-order chi connectivity index (χ0) is 27.7. The van der Waals surface area contributed by atoms with Gasteiger partial charge in [0.1, 0.15) is 0 Å². The first kappa shape index (κ1) is 28.8. The van der Waals surface area contributed by atoms with Crippen molar-refractivity contribution in [3.05, 3.63) is 58.7 Å². The highest BCUT2D eigenvalue weighted by molar-refractivity contribution is 6.14. The van der Waals surface area contributed by atoms with Crippen molar-refractivity contribution in [1.82, 2.24) is 10.2 Å². The Labute approximate surface area is 225 Å². The molecule has 1 fully saturated rings. The minimum Gasteiger partial charge on any atom is -0.493 e. The highest BCUT2D eigenvalue weighted by Crippen LogP contribution is 2.33. The lowest BCUT2D eigenvalue weighted by molar-refractivity contribution is -0.123. The van der Waals surface area contributed by atoms with Gasteiger partial charge in [-0.2, -0.15) is 0 Å². The van der Waals surface area contributed by atoms with E-state index in [4.69, 9.17) is 18.9 Å². The first-order chi connectivity index (χ1) is 18.3. The second-order valence-corrected chi connectivity index (χ2v) is 9.03. The van der Waals surface area contributed by atoms with E-state index in [1.807, 2.05) is 62.4 Å². The summed E-state index contributed by atoms with van der Waals surface area (Å²) >= 11 is 0. The van der Waals surface area contributed by atoms with Gasteiger partial charge in [-0.25, -0.2) is 0 Å². The molecule has 0 aromatic heterocycles. The largest absolute Gasteiger partial charge is 0.493 e. The summed E-state index contributed by atoms with van der Waals surface area (Å²) in [5.41, 5.74) is 2.85. The SMILES string of the molecule is CCN(CC)CC(=O)NC1C/C(=C\c2ccc(OC)c(OC)c2)C(=O)/C(=C/c2ccc(OC)c(OC)c2)C1. The Kier molecular flexibility index (Phi) is 10.4. The lowest BCUT2D eigenvalue weighted by Gasteiger charge is -2.28. The zero-order valence-electron chi connectivity index (χ0n) is 23.1. The summed E-state index contributed by atoms with van der Waals surface area (Å²) < 4.78 is 21.5. The van der Waals surface area contributed by atoms with Crippen LogP contribution >= 0.6 is 0 Å². The number of benzene rings is 2. The number of methoxy groups -OCH3 is 4. The van der Waals surface area contributed by atoms with Crippen molar-refractivity contribution >= 4 is 23.8 Å². The molecular formula is C30H38N2O6. The molecule has 0 saturated heterocycles. The molecule has 0 bridgehead atoms. The van der Waals surface area contributed by atoms with E-state index in [9.17, 15) is 9.59 Å². The van der Waals surface area contributed by atoms with Crippen LogP contribution in [0.4, 0.5) is 0 Å². The minimum atomic E-state index is -0.214. The fourth-order valence-electron chi connectivity index (χ4n) is 4.56. The van der Waals surface area contributed by atoms with E-state index in [1.54, 1.807) is 28.4 Å². The molecule has 0 aliphatic heterocycles. The highest BCUT2D eigenvalue weighted by Gasteiger charge is 2.29. The van der Waals surface area contributed by atoms with E-state index in [1.165, 1.54) is 0 Å². The fourth-order valence-corrected chi connectivity index (χ4v) is 4.56. The topological polar surface area (TPSA) is 86.3 Å². The Morgan fingerprint density at radius 3 is 1.66 bits per heavy atom. The maximum atomic E-state index is 13.6. The lowest BCUT2D eigenvalue weighted by Crippen LogP contribution is -2.44. The van der Waals surface area contributed by atoms with Crippen LogP contribution in [0.5, 0.6) is 23.0 Å². The molecule has 2 aromatic carbocycles. The predicted octanol–water partition coefficient (Wildman–Crippen LogP) is 4.38. The molecule has 0 radical (unpaired) electrons. The van der Waals surface area contributed by atoms with Crippen LogP contribution < -0.4 is 24.3 Å². The van der Waals surface area contributed by atoms with Gasteiger partial charge < -0.3 is 24.3 Å². The number of carbonyl (C=O) groups is 2. The van der Waals surface area contributed by atoms with Gasteiger partial charge in [0.05, 0.1) is 35.0 Å². The molecule has 204 valence electrons. The van der Waals surface area contributed by atoms with Crippen molar-refractivity contribution in [2.75, 3.05) is 48.1 Å². The molecule has 0 unspecified atom stereocenters. The van der Waals surface area contributed by atoms with E-state index in [-0.39, 0.29) is 17.7 Å². The van der Waals surface area contributed by atoms with E-state index >= 15 is 0 Å². The van der Waals surface area contributed by atoms with Gasteiger partial charge in [-0.15, -0.1) is 0 Å². The molecule has 2 aromatic rings. The second kappa shape index (κ2) is 13.7. The Hall–Kier alpha value is -3.78. The van der Waals surface area contributed by atoms with Crippen LogP contribution in [-0.4, -0.2) is 70.7 Å². The van der Waals surface area contributed by atoms with Crippen LogP contribution in [0.1, 0.15) is 37.8 Å². The van der Waals surface area contributed by atoms with E-state index in [2.05, 4.69) is 10.2 Å². The molecule has 1 aliphatic rings. The average Bonchev–Trinajstić information content (AvgIpc) is 2.93. The summed E-state index contributed by atoms with van der Waals surface area (Å²) in [5, 5.41) is 3.15. The Bertz CT molecular complexity index is 1120. The van der Waals surface area contributed by atoms with Gasteiger partial charge in [0.15, 0.2) is 28.8 Å². The fraction of sp³-hybridized carbons (Fsp3) is 0.400. The number of hydrogen-bond donors (Lipinski definition) is 1. The summed E-state index contributed by atoms with van der Waals surface area (Å²) in [7, 11) is 6.31. The molecule has 3 rings (SSSR count). The number of ketones is 1. The van der Waals surface area contributed by atoms with Gasteiger partial charge in [-0.3, -0.25) is 14.5 Å². The molecule has 8 heteroatoms. The molecule has 1 aliphatic carbocycles. The smallest absolute Gasteiger partial charge is 0.234 e. The molecule has 1 saturated carbocycles. The molecular weight excluding hydrogens is 484 g/mol. The Morgan fingerprint density at radius 1 is 0.816 bits per heavy atom. The number of nitrogens with one attached hydrogen (secondary N) is 1. The van der Waals surface area contributed by atoms with Crippen molar-refractivity contribution in [1.29, 1.82) is 0 Å². The third-order valence-electron chi connectivity index (χ3n) is 6.64. The van der Waals surface area contributed by atoms with E-state index in [0.29, 0.717) is 53.5 Å². The molecule has 0 atom stereocenters. The number of hydrogen-bond acceptors (Lipinski definition) is 7. The van der Waals surface area contributed by atoms with Crippen molar-refractivity contribution in [3.63, 3.8) is 0 Å². The first-order valence-electron chi connectivity index (χ1n) is 12.8. The summed E-state index contributed by atoms with van der Waals surface area (Å²) in [4.78, 5) is 28.5. The maximum Gasteiger partial charge on any atom is 0.234 e. The summed E-state index contributed by atoms with van der Waals surface area (Å²) in [5.74, 6) is 2.28. The van der Waals surface area contributed by atoms with Gasteiger partial charge in [0.2, 0.25) is 5.91 Å². The Balaban J connectivity index is 1.97. The van der Waals surface area contributed by atoms with Crippen LogP contribution in [0.25, 0.3) is 12.2 Å². The molecule has 8 nitrogen and oxygen atoms in total. The number of rotatable bonds is 11. The first-order valence-corrected chi connectivity index (χ1v) is 12.8. The molecule has 0 spiro atoms. The number of amides is 1. The summed E-state index contributed by atoms with van der Waals surface area (Å²) in [6, 6.07) is 10.8. The third kappa shape index (κ3) is 7.16. The minimum absolute atomic E-state index is 0.0519. The third-order valence-corrected chi connectivity index (χ3v) is 6.64.